The van der Waals surface area contributed by atoms with Gasteiger partial charge in [0.25, 0.3) is 0 Å². The Morgan fingerprint density at radius 1 is 1.12 bits per heavy atom. The molecule has 1 aliphatic heterocycles. The van der Waals surface area contributed by atoms with Crippen molar-refractivity contribution in [2.75, 3.05) is 7.11 Å². The standard InChI is InChI=1S/C19H18F2O3/c1-23-13-5-2-11(3-6-13)18-16-10-19(20,21)9-15(16)14-8-12(22)4-7-17(14)24-18/h2-8,15-16,18,22H,9-10H2,1H3/t15-,16-,18-/m1/s1. The first-order chi connectivity index (χ1) is 11.5. The molecule has 3 nitrogen and oxygen atoms in total. The third kappa shape index (κ3) is 2.48. The third-order valence-electron chi connectivity index (χ3n) is 5.05. The van der Waals surface area contributed by atoms with Gasteiger partial charge in [0.15, 0.2) is 0 Å². The quantitative estimate of drug-likeness (QED) is 0.869. The van der Waals surface area contributed by atoms with Crippen molar-refractivity contribution >= 4 is 0 Å². The highest BCUT2D eigenvalue weighted by atomic mass is 19.3. The van der Waals surface area contributed by atoms with E-state index in [4.69, 9.17) is 9.47 Å². The Morgan fingerprint density at radius 2 is 1.88 bits per heavy atom. The van der Waals surface area contributed by atoms with Crippen LogP contribution in [0.25, 0.3) is 0 Å². The molecule has 1 saturated carbocycles. The molecule has 1 fully saturated rings. The van der Waals surface area contributed by atoms with Crippen LogP contribution in [-0.4, -0.2) is 18.1 Å². The Hall–Kier alpha value is -2.30. The SMILES string of the molecule is COc1ccc([C@H]2Oc3ccc(O)cc3[C@H]3CC(F)(F)C[C@H]32)cc1. The minimum atomic E-state index is -2.71. The highest BCUT2D eigenvalue weighted by molar-refractivity contribution is 5.46. The van der Waals surface area contributed by atoms with Gasteiger partial charge in [0.1, 0.15) is 23.4 Å². The fraction of sp³-hybridized carbons (Fsp3) is 0.368. The number of phenolic OH excluding ortho intramolecular Hbond substituents is 1. The van der Waals surface area contributed by atoms with E-state index in [0.717, 1.165) is 5.56 Å². The van der Waals surface area contributed by atoms with Crippen molar-refractivity contribution in [3.8, 4) is 17.2 Å². The second-order valence-electron chi connectivity index (χ2n) is 6.57. The first kappa shape index (κ1) is 15.2. The summed E-state index contributed by atoms with van der Waals surface area (Å²) in [4.78, 5) is 0. The van der Waals surface area contributed by atoms with Crippen LogP contribution < -0.4 is 9.47 Å². The summed E-state index contributed by atoms with van der Waals surface area (Å²) in [5.41, 5.74) is 1.55. The minimum absolute atomic E-state index is 0.0780. The number of hydrogen-bond donors (Lipinski definition) is 1. The Bertz CT molecular complexity index is 758. The molecule has 2 aromatic rings. The Labute approximate surface area is 138 Å². The summed E-state index contributed by atoms with van der Waals surface area (Å²) in [5, 5.41) is 9.72. The number of halogens is 2. The van der Waals surface area contributed by atoms with E-state index >= 15 is 0 Å². The van der Waals surface area contributed by atoms with Crippen LogP contribution in [0.1, 0.15) is 36.0 Å². The van der Waals surface area contributed by atoms with E-state index < -0.39 is 12.0 Å². The second kappa shape index (κ2) is 5.36. The molecule has 0 amide bonds. The maximum atomic E-state index is 14.1. The summed E-state index contributed by atoms with van der Waals surface area (Å²) in [6.45, 7) is 0. The number of fused-ring (bicyclic) bond motifs is 3. The van der Waals surface area contributed by atoms with Crippen LogP contribution in [-0.2, 0) is 0 Å². The lowest BCUT2D eigenvalue weighted by Gasteiger charge is -2.36. The zero-order valence-corrected chi connectivity index (χ0v) is 13.2. The normalized spacial score (nSPS) is 27.0. The first-order valence-corrected chi connectivity index (χ1v) is 7.98. The predicted octanol–water partition coefficient (Wildman–Crippen LogP) is 4.66. The lowest BCUT2D eigenvalue weighted by Crippen LogP contribution is -2.26. The van der Waals surface area contributed by atoms with Gasteiger partial charge in [-0.3, -0.25) is 0 Å². The highest BCUT2D eigenvalue weighted by Gasteiger charge is 2.53. The molecule has 126 valence electrons. The predicted molar refractivity (Wildman–Crippen MR) is 84.9 cm³/mol. The van der Waals surface area contributed by atoms with Crippen molar-refractivity contribution in [2.24, 2.45) is 5.92 Å². The lowest BCUT2D eigenvalue weighted by molar-refractivity contribution is -0.00231. The molecular weight excluding hydrogens is 314 g/mol. The van der Waals surface area contributed by atoms with E-state index in [0.29, 0.717) is 17.1 Å². The molecule has 2 aliphatic rings. The second-order valence-corrected chi connectivity index (χ2v) is 6.57. The molecule has 4 rings (SSSR count). The summed E-state index contributed by atoms with van der Waals surface area (Å²) in [6.07, 6.45) is -0.834. The molecule has 1 N–H and O–H groups in total. The summed E-state index contributed by atoms with van der Waals surface area (Å²) in [6, 6.07) is 12.1. The highest BCUT2D eigenvalue weighted by Crippen LogP contribution is 2.58. The molecule has 0 saturated heterocycles. The molecule has 0 radical (unpaired) electrons. The number of hydrogen-bond acceptors (Lipinski definition) is 3. The summed E-state index contributed by atoms with van der Waals surface area (Å²) in [7, 11) is 1.59. The van der Waals surface area contributed by atoms with Crippen molar-refractivity contribution in [3.05, 3.63) is 53.6 Å². The van der Waals surface area contributed by atoms with E-state index in [1.807, 2.05) is 24.3 Å². The molecule has 0 spiro atoms. The van der Waals surface area contributed by atoms with Crippen LogP contribution >= 0.6 is 0 Å². The number of benzene rings is 2. The summed E-state index contributed by atoms with van der Waals surface area (Å²) >= 11 is 0. The van der Waals surface area contributed by atoms with Gasteiger partial charge >= 0.3 is 0 Å². The molecule has 1 aliphatic carbocycles. The van der Waals surface area contributed by atoms with E-state index in [-0.39, 0.29) is 30.4 Å². The van der Waals surface area contributed by atoms with Crippen molar-refractivity contribution < 1.29 is 23.4 Å². The fourth-order valence-corrected chi connectivity index (χ4v) is 3.97. The summed E-state index contributed by atoms with van der Waals surface area (Å²) < 4.78 is 39.4. The number of rotatable bonds is 2. The first-order valence-electron chi connectivity index (χ1n) is 7.98. The maximum Gasteiger partial charge on any atom is 0.249 e. The van der Waals surface area contributed by atoms with Crippen LogP contribution in [0.4, 0.5) is 8.78 Å². The van der Waals surface area contributed by atoms with Crippen molar-refractivity contribution in [1.29, 1.82) is 0 Å². The van der Waals surface area contributed by atoms with Gasteiger partial charge in [-0.2, -0.15) is 0 Å². The van der Waals surface area contributed by atoms with Gasteiger partial charge < -0.3 is 14.6 Å². The number of ether oxygens (including phenoxy) is 2. The van der Waals surface area contributed by atoms with Gasteiger partial charge in [-0.15, -0.1) is 0 Å². The molecule has 24 heavy (non-hydrogen) atoms. The van der Waals surface area contributed by atoms with E-state index in [1.165, 1.54) is 6.07 Å². The average molecular weight is 332 g/mol. The fourth-order valence-electron chi connectivity index (χ4n) is 3.97. The van der Waals surface area contributed by atoms with Crippen molar-refractivity contribution in [2.45, 2.75) is 30.8 Å². The van der Waals surface area contributed by atoms with Crippen LogP contribution in [0, 0.1) is 5.92 Å². The third-order valence-corrected chi connectivity index (χ3v) is 5.05. The van der Waals surface area contributed by atoms with Gasteiger partial charge in [-0.1, -0.05) is 12.1 Å². The molecule has 2 aromatic carbocycles. The molecule has 3 atom stereocenters. The van der Waals surface area contributed by atoms with Gasteiger partial charge in [0.2, 0.25) is 5.92 Å². The zero-order valence-electron chi connectivity index (χ0n) is 13.2. The smallest absolute Gasteiger partial charge is 0.249 e. The molecule has 0 bridgehead atoms. The number of alkyl halides is 2. The Kier molecular flexibility index (Phi) is 3.41. The molecular formula is C19H18F2O3. The minimum Gasteiger partial charge on any atom is -0.508 e. The maximum absolute atomic E-state index is 14.1. The topological polar surface area (TPSA) is 38.7 Å². The Balaban J connectivity index is 1.76. The number of methoxy groups -OCH3 is 1. The van der Waals surface area contributed by atoms with Crippen LogP contribution in [0.2, 0.25) is 0 Å². The summed E-state index contributed by atoms with van der Waals surface area (Å²) in [5.74, 6) is -1.98. The van der Waals surface area contributed by atoms with Gasteiger partial charge in [-0.05, 0) is 35.9 Å². The van der Waals surface area contributed by atoms with E-state index in [2.05, 4.69) is 0 Å². The largest absolute Gasteiger partial charge is 0.508 e. The van der Waals surface area contributed by atoms with E-state index in [9.17, 15) is 13.9 Å². The van der Waals surface area contributed by atoms with Crippen LogP contribution in [0.5, 0.6) is 17.2 Å². The van der Waals surface area contributed by atoms with Gasteiger partial charge in [-0.25, -0.2) is 8.78 Å². The number of phenols is 1. The Morgan fingerprint density at radius 3 is 2.58 bits per heavy atom. The molecule has 1 heterocycles. The number of aromatic hydroxyl groups is 1. The van der Waals surface area contributed by atoms with Gasteiger partial charge in [0.05, 0.1) is 7.11 Å². The monoisotopic (exact) mass is 332 g/mol. The molecule has 5 heteroatoms. The van der Waals surface area contributed by atoms with Crippen LogP contribution in [0.15, 0.2) is 42.5 Å². The van der Waals surface area contributed by atoms with Crippen molar-refractivity contribution in [3.63, 3.8) is 0 Å². The molecule has 0 unspecified atom stereocenters. The van der Waals surface area contributed by atoms with E-state index in [1.54, 1.807) is 19.2 Å². The van der Waals surface area contributed by atoms with Crippen molar-refractivity contribution in [1.82, 2.24) is 0 Å². The molecule has 0 aromatic heterocycles. The van der Waals surface area contributed by atoms with Gasteiger partial charge in [0, 0.05) is 30.2 Å². The van der Waals surface area contributed by atoms with Crippen LogP contribution in [0.3, 0.4) is 0 Å². The zero-order chi connectivity index (χ0) is 16.9. The average Bonchev–Trinajstić information content (AvgIpc) is 2.90. The lowest BCUT2D eigenvalue weighted by atomic mass is 9.80.